The fraction of sp³-hybridized carbons (Fsp3) is 0.615. The minimum Gasteiger partial charge on any atom is -0.339 e. The Balaban J connectivity index is 1.90. The lowest BCUT2D eigenvalue weighted by Gasteiger charge is -2.36. The molecule has 2 aromatic heterocycles. The first-order valence-corrected chi connectivity index (χ1v) is 8.54. The lowest BCUT2D eigenvalue weighted by atomic mass is 9.83. The molecule has 8 nitrogen and oxygen atoms in total. The van der Waals surface area contributed by atoms with Crippen LogP contribution in [0, 0.1) is 6.92 Å². The van der Waals surface area contributed by atoms with Gasteiger partial charge >= 0.3 is 0 Å². The molecule has 0 aromatic carbocycles. The first-order chi connectivity index (χ1) is 10.3. The van der Waals surface area contributed by atoms with Gasteiger partial charge in [-0.05, 0) is 26.7 Å². The molecular formula is C13H19N5O3S. The Morgan fingerprint density at radius 2 is 2.18 bits per heavy atom. The summed E-state index contributed by atoms with van der Waals surface area (Å²) in [6.07, 6.45) is 4.54. The molecular weight excluding hydrogens is 306 g/mol. The van der Waals surface area contributed by atoms with E-state index in [4.69, 9.17) is 4.52 Å². The molecule has 1 aliphatic heterocycles. The fourth-order valence-electron chi connectivity index (χ4n) is 2.77. The molecule has 2 aromatic rings. The van der Waals surface area contributed by atoms with Crippen molar-refractivity contribution in [3.8, 4) is 0 Å². The minimum absolute atomic E-state index is 0.0703. The van der Waals surface area contributed by atoms with Crippen molar-refractivity contribution in [1.82, 2.24) is 24.0 Å². The number of sulfonamides is 1. The number of rotatable bonds is 3. The first-order valence-electron chi connectivity index (χ1n) is 7.10. The standard InChI is InChI=1S/C13H19N5O3S/c1-10-15-12(21-16-10)13(2)5-4-6-18(8-13)22(19,20)11-7-17(3)9-14-11/h7,9H,4-6,8H2,1-3H3. The van der Waals surface area contributed by atoms with Crippen molar-refractivity contribution in [2.75, 3.05) is 13.1 Å². The molecule has 0 aliphatic carbocycles. The molecule has 120 valence electrons. The molecule has 0 bridgehead atoms. The Morgan fingerprint density at radius 3 is 2.77 bits per heavy atom. The third kappa shape index (κ3) is 2.54. The highest BCUT2D eigenvalue weighted by atomic mass is 32.2. The smallest absolute Gasteiger partial charge is 0.262 e. The van der Waals surface area contributed by atoms with Gasteiger partial charge in [-0.3, -0.25) is 0 Å². The zero-order valence-corrected chi connectivity index (χ0v) is 13.7. The maximum absolute atomic E-state index is 12.7. The van der Waals surface area contributed by atoms with Gasteiger partial charge in [0.05, 0.1) is 11.7 Å². The molecule has 1 atom stereocenters. The number of aromatic nitrogens is 4. The second kappa shape index (κ2) is 5.17. The third-order valence-corrected chi connectivity index (χ3v) is 5.72. The van der Waals surface area contributed by atoms with Gasteiger partial charge in [0.1, 0.15) is 0 Å². The van der Waals surface area contributed by atoms with Gasteiger partial charge in [0.15, 0.2) is 10.9 Å². The van der Waals surface area contributed by atoms with Gasteiger partial charge in [-0.15, -0.1) is 0 Å². The summed E-state index contributed by atoms with van der Waals surface area (Å²) in [7, 11) is -1.86. The van der Waals surface area contributed by atoms with E-state index in [1.807, 2.05) is 6.92 Å². The number of aryl methyl sites for hydroxylation is 2. The van der Waals surface area contributed by atoms with Gasteiger partial charge in [0.25, 0.3) is 10.0 Å². The molecule has 0 radical (unpaired) electrons. The van der Waals surface area contributed by atoms with Gasteiger partial charge in [0.2, 0.25) is 5.89 Å². The van der Waals surface area contributed by atoms with E-state index in [2.05, 4.69) is 15.1 Å². The van der Waals surface area contributed by atoms with Crippen LogP contribution < -0.4 is 0 Å². The molecule has 22 heavy (non-hydrogen) atoms. The summed E-state index contributed by atoms with van der Waals surface area (Å²) in [4.78, 5) is 8.25. The van der Waals surface area contributed by atoms with Crippen LogP contribution in [0.3, 0.4) is 0 Å². The van der Waals surface area contributed by atoms with E-state index in [1.54, 1.807) is 18.5 Å². The van der Waals surface area contributed by atoms with Crippen LogP contribution >= 0.6 is 0 Å². The van der Waals surface area contributed by atoms with Crippen LogP contribution in [0.25, 0.3) is 0 Å². The zero-order valence-electron chi connectivity index (χ0n) is 12.9. The SMILES string of the molecule is Cc1noc(C2(C)CCCN(S(=O)(=O)c3cn(C)cn3)C2)n1. The highest BCUT2D eigenvalue weighted by molar-refractivity contribution is 7.89. The van der Waals surface area contributed by atoms with E-state index in [0.29, 0.717) is 24.8 Å². The largest absolute Gasteiger partial charge is 0.339 e. The first kappa shape index (κ1) is 15.2. The molecule has 0 N–H and O–H groups in total. The number of hydrogen-bond acceptors (Lipinski definition) is 6. The van der Waals surface area contributed by atoms with E-state index in [1.165, 1.54) is 16.8 Å². The molecule has 9 heteroatoms. The Morgan fingerprint density at radius 1 is 1.41 bits per heavy atom. The van der Waals surface area contributed by atoms with E-state index in [0.717, 1.165) is 12.8 Å². The molecule has 0 spiro atoms. The highest BCUT2D eigenvalue weighted by Gasteiger charge is 2.42. The molecule has 1 saturated heterocycles. The van der Waals surface area contributed by atoms with E-state index in [9.17, 15) is 8.42 Å². The number of hydrogen-bond donors (Lipinski definition) is 0. The summed E-state index contributed by atoms with van der Waals surface area (Å²) in [5.41, 5.74) is -0.471. The van der Waals surface area contributed by atoms with Crippen molar-refractivity contribution < 1.29 is 12.9 Å². The third-order valence-electron chi connectivity index (χ3n) is 3.99. The summed E-state index contributed by atoms with van der Waals surface area (Å²) in [5, 5.41) is 3.89. The van der Waals surface area contributed by atoms with Crippen LogP contribution in [0.1, 0.15) is 31.5 Å². The predicted octanol–water partition coefficient (Wildman–Crippen LogP) is 0.854. The van der Waals surface area contributed by atoms with Gasteiger partial charge in [-0.25, -0.2) is 13.4 Å². The normalized spacial score (nSPS) is 23.8. The van der Waals surface area contributed by atoms with Crippen LogP contribution in [-0.4, -0.2) is 45.5 Å². The molecule has 0 amide bonds. The van der Waals surface area contributed by atoms with Crippen molar-refractivity contribution in [3.05, 3.63) is 24.2 Å². The van der Waals surface area contributed by atoms with Crippen molar-refractivity contribution in [3.63, 3.8) is 0 Å². The predicted molar refractivity (Wildman–Crippen MR) is 77.6 cm³/mol. The second-order valence-corrected chi connectivity index (χ2v) is 7.91. The minimum atomic E-state index is -3.60. The summed E-state index contributed by atoms with van der Waals surface area (Å²) in [5.74, 6) is 1.05. The number of piperidine rings is 1. The highest BCUT2D eigenvalue weighted by Crippen LogP contribution is 2.34. The lowest BCUT2D eigenvalue weighted by Crippen LogP contribution is -2.47. The summed E-state index contributed by atoms with van der Waals surface area (Å²) < 4.78 is 33.8. The van der Waals surface area contributed by atoms with Crippen LogP contribution in [0.2, 0.25) is 0 Å². The quantitative estimate of drug-likeness (QED) is 0.830. The molecule has 1 unspecified atom stereocenters. The van der Waals surface area contributed by atoms with Crippen molar-refractivity contribution in [2.45, 2.75) is 37.1 Å². The summed E-state index contributed by atoms with van der Waals surface area (Å²) in [6.45, 7) is 4.50. The van der Waals surface area contributed by atoms with Crippen LogP contribution in [0.5, 0.6) is 0 Å². The Hall–Kier alpha value is -1.74. The average Bonchev–Trinajstić information content (AvgIpc) is 3.08. The maximum atomic E-state index is 12.7. The summed E-state index contributed by atoms with van der Waals surface area (Å²) >= 11 is 0. The molecule has 3 heterocycles. The maximum Gasteiger partial charge on any atom is 0.262 e. The molecule has 1 fully saturated rings. The van der Waals surface area contributed by atoms with Gasteiger partial charge in [-0.1, -0.05) is 5.16 Å². The second-order valence-electron chi connectivity index (χ2n) is 6.03. The van der Waals surface area contributed by atoms with E-state index >= 15 is 0 Å². The zero-order chi connectivity index (χ0) is 16.0. The van der Waals surface area contributed by atoms with E-state index < -0.39 is 15.4 Å². The van der Waals surface area contributed by atoms with Gasteiger partial charge < -0.3 is 9.09 Å². The van der Waals surface area contributed by atoms with Gasteiger partial charge in [0, 0.05) is 26.3 Å². The Bertz CT molecular complexity index is 781. The van der Waals surface area contributed by atoms with Crippen molar-refractivity contribution >= 4 is 10.0 Å². The van der Waals surface area contributed by atoms with Crippen molar-refractivity contribution in [1.29, 1.82) is 0 Å². The van der Waals surface area contributed by atoms with Gasteiger partial charge in [-0.2, -0.15) is 9.29 Å². The monoisotopic (exact) mass is 325 g/mol. The molecule has 0 saturated carbocycles. The fourth-order valence-corrected chi connectivity index (χ4v) is 4.34. The van der Waals surface area contributed by atoms with Crippen LogP contribution in [0.4, 0.5) is 0 Å². The van der Waals surface area contributed by atoms with Crippen LogP contribution in [-0.2, 0) is 22.5 Å². The van der Waals surface area contributed by atoms with E-state index in [-0.39, 0.29) is 5.03 Å². The molecule has 1 aliphatic rings. The van der Waals surface area contributed by atoms with Crippen LogP contribution in [0.15, 0.2) is 22.1 Å². The number of nitrogens with zero attached hydrogens (tertiary/aromatic N) is 5. The number of imidazole rings is 1. The lowest BCUT2D eigenvalue weighted by molar-refractivity contribution is 0.190. The Kier molecular flexibility index (Phi) is 3.56. The summed E-state index contributed by atoms with van der Waals surface area (Å²) in [6, 6.07) is 0. The molecule has 3 rings (SSSR count). The van der Waals surface area contributed by atoms with Crippen molar-refractivity contribution in [2.24, 2.45) is 7.05 Å². The topological polar surface area (TPSA) is 94.1 Å². The Labute approximate surface area is 129 Å². The average molecular weight is 325 g/mol.